The quantitative estimate of drug-likeness (QED) is 0.755. The van der Waals surface area contributed by atoms with Crippen molar-refractivity contribution < 1.29 is 4.79 Å². The zero-order chi connectivity index (χ0) is 17.1. The van der Waals surface area contributed by atoms with E-state index >= 15 is 0 Å². The summed E-state index contributed by atoms with van der Waals surface area (Å²) in [5.74, 6) is -0.0672. The lowest BCUT2D eigenvalue weighted by molar-refractivity contribution is -0.124. The number of aromatic nitrogens is 4. The number of nitrogens with zero attached hydrogens (tertiary/aromatic N) is 4. The highest BCUT2D eigenvalue weighted by molar-refractivity contribution is 9.10. The number of carbonyl (C=O) groups is 1. The number of nitrogens with one attached hydrogen (secondary N) is 1. The van der Waals surface area contributed by atoms with Crippen molar-refractivity contribution in [2.75, 3.05) is 6.54 Å². The number of amides is 1. The van der Waals surface area contributed by atoms with Gasteiger partial charge in [-0.05, 0) is 50.0 Å². The maximum atomic E-state index is 12.2. The Labute approximate surface area is 149 Å². The highest BCUT2D eigenvalue weighted by Crippen LogP contribution is 2.20. The van der Waals surface area contributed by atoms with E-state index in [0.29, 0.717) is 11.6 Å². The van der Waals surface area contributed by atoms with Gasteiger partial charge in [0.1, 0.15) is 6.04 Å². The molecule has 0 aliphatic rings. The summed E-state index contributed by atoms with van der Waals surface area (Å²) in [7, 11) is 0. The lowest BCUT2D eigenvalue weighted by Crippen LogP contribution is -2.33. The van der Waals surface area contributed by atoms with Crippen LogP contribution in [0.2, 0.25) is 5.02 Å². The van der Waals surface area contributed by atoms with Gasteiger partial charge in [-0.25, -0.2) is 0 Å². The van der Waals surface area contributed by atoms with Crippen LogP contribution in [0.5, 0.6) is 0 Å². The summed E-state index contributed by atoms with van der Waals surface area (Å²) in [5, 5.41) is 12.1. The predicted molar refractivity (Wildman–Crippen MR) is 93.7 cm³/mol. The SMILES string of the molecule is Cc1nn(CCCNC(=O)C(C)n2ncc(Cl)c2C)c(C)c1Br. The molecule has 0 fully saturated rings. The van der Waals surface area contributed by atoms with Gasteiger partial charge in [-0.3, -0.25) is 14.2 Å². The molecule has 1 unspecified atom stereocenters. The molecule has 1 amide bonds. The van der Waals surface area contributed by atoms with Crippen LogP contribution in [0, 0.1) is 20.8 Å². The monoisotopic (exact) mass is 401 g/mol. The molecule has 2 aromatic rings. The molecule has 1 N–H and O–H groups in total. The van der Waals surface area contributed by atoms with E-state index in [-0.39, 0.29) is 11.9 Å². The van der Waals surface area contributed by atoms with Crippen LogP contribution in [-0.4, -0.2) is 32.0 Å². The Morgan fingerprint density at radius 1 is 1.39 bits per heavy atom. The number of carbonyl (C=O) groups excluding carboxylic acids is 1. The smallest absolute Gasteiger partial charge is 0.244 e. The van der Waals surface area contributed by atoms with Crippen molar-refractivity contribution in [2.24, 2.45) is 0 Å². The zero-order valence-corrected chi connectivity index (χ0v) is 16.1. The average Bonchev–Trinajstić information content (AvgIpc) is 2.98. The first-order valence-corrected chi connectivity index (χ1v) is 8.66. The van der Waals surface area contributed by atoms with Crippen LogP contribution in [0.3, 0.4) is 0 Å². The van der Waals surface area contributed by atoms with E-state index in [2.05, 4.69) is 31.4 Å². The Hall–Kier alpha value is -1.34. The van der Waals surface area contributed by atoms with E-state index in [0.717, 1.165) is 34.5 Å². The van der Waals surface area contributed by atoms with Crippen LogP contribution < -0.4 is 5.32 Å². The Kier molecular flexibility index (Phi) is 5.86. The van der Waals surface area contributed by atoms with Crippen molar-refractivity contribution in [1.29, 1.82) is 0 Å². The summed E-state index contributed by atoms with van der Waals surface area (Å²) < 4.78 is 4.63. The molecule has 126 valence electrons. The van der Waals surface area contributed by atoms with Crippen molar-refractivity contribution in [1.82, 2.24) is 24.9 Å². The summed E-state index contributed by atoms with van der Waals surface area (Å²) in [4.78, 5) is 12.2. The van der Waals surface area contributed by atoms with Crippen LogP contribution >= 0.6 is 27.5 Å². The Morgan fingerprint density at radius 3 is 2.61 bits per heavy atom. The summed E-state index contributed by atoms with van der Waals surface area (Å²) in [6.07, 6.45) is 2.37. The molecule has 1 atom stereocenters. The number of rotatable bonds is 6. The molecule has 0 spiro atoms. The van der Waals surface area contributed by atoms with Gasteiger partial charge in [-0.15, -0.1) is 0 Å². The number of aryl methyl sites for hydroxylation is 2. The van der Waals surface area contributed by atoms with Gasteiger partial charge >= 0.3 is 0 Å². The fourth-order valence-corrected chi connectivity index (χ4v) is 2.80. The Bertz CT molecular complexity index is 709. The highest BCUT2D eigenvalue weighted by atomic mass is 79.9. The summed E-state index contributed by atoms with van der Waals surface area (Å²) in [5.41, 5.74) is 2.87. The molecule has 23 heavy (non-hydrogen) atoms. The molecule has 0 aliphatic carbocycles. The molecule has 6 nitrogen and oxygen atoms in total. The van der Waals surface area contributed by atoms with Gasteiger partial charge in [0.25, 0.3) is 0 Å². The minimum absolute atomic E-state index is 0.0672. The number of hydrogen-bond donors (Lipinski definition) is 1. The first-order valence-electron chi connectivity index (χ1n) is 7.49. The first kappa shape index (κ1) is 18.0. The fraction of sp³-hybridized carbons (Fsp3) is 0.533. The van der Waals surface area contributed by atoms with Gasteiger partial charge in [0, 0.05) is 18.8 Å². The molecule has 0 bridgehead atoms. The molecular formula is C15H21BrClN5O. The van der Waals surface area contributed by atoms with Crippen molar-refractivity contribution in [3.8, 4) is 0 Å². The topological polar surface area (TPSA) is 64.7 Å². The van der Waals surface area contributed by atoms with Gasteiger partial charge in [0.15, 0.2) is 0 Å². The van der Waals surface area contributed by atoms with E-state index in [1.807, 2.05) is 32.4 Å². The number of hydrogen-bond acceptors (Lipinski definition) is 3. The maximum Gasteiger partial charge on any atom is 0.244 e. The van der Waals surface area contributed by atoms with Crippen LogP contribution in [0.4, 0.5) is 0 Å². The van der Waals surface area contributed by atoms with Gasteiger partial charge in [-0.1, -0.05) is 11.6 Å². The van der Waals surface area contributed by atoms with Gasteiger partial charge < -0.3 is 5.32 Å². The molecule has 0 aliphatic heterocycles. The van der Waals surface area contributed by atoms with E-state index < -0.39 is 0 Å². The second-order valence-electron chi connectivity index (χ2n) is 5.55. The fourth-order valence-electron chi connectivity index (χ4n) is 2.38. The molecule has 0 aromatic carbocycles. The minimum Gasteiger partial charge on any atom is -0.354 e. The Balaban J connectivity index is 1.83. The van der Waals surface area contributed by atoms with E-state index in [9.17, 15) is 4.79 Å². The lowest BCUT2D eigenvalue weighted by atomic mass is 10.3. The van der Waals surface area contributed by atoms with Crippen molar-refractivity contribution in [3.05, 3.63) is 32.8 Å². The summed E-state index contributed by atoms with van der Waals surface area (Å²) in [6, 6.07) is -0.384. The first-order chi connectivity index (χ1) is 10.8. The normalized spacial score (nSPS) is 12.4. The Morgan fingerprint density at radius 2 is 2.09 bits per heavy atom. The largest absolute Gasteiger partial charge is 0.354 e. The molecule has 0 radical (unpaired) electrons. The standard InChI is InChI=1S/C15H21BrClN5O/c1-9-14(16)11(3)21(20-9)7-5-6-18-15(23)12(4)22-10(2)13(17)8-19-22/h8,12H,5-7H2,1-4H3,(H,18,23). The highest BCUT2D eigenvalue weighted by Gasteiger charge is 2.18. The molecular weight excluding hydrogens is 382 g/mol. The third-order valence-corrected chi connectivity index (χ3v) is 5.39. The van der Waals surface area contributed by atoms with Gasteiger partial charge in [-0.2, -0.15) is 10.2 Å². The van der Waals surface area contributed by atoms with Crippen LogP contribution in [0.25, 0.3) is 0 Å². The van der Waals surface area contributed by atoms with Crippen LogP contribution in [0.15, 0.2) is 10.7 Å². The molecule has 0 saturated heterocycles. The minimum atomic E-state index is -0.384. The second kappa shape index (κ2) is 7.49. The predicted octanol–water partition coefficient (Wildman–Crippen LogP) is 3.19. The molecule has 2 rings (SSSR count). The lowest BCUT2D eigenvalue weighted by Gasteiger charge is -2.14. The second-order valence-corrected chi connectivity index (χ2v) is 6.75. The van der Waals surface area contributed by atoms with Gasteiger partial charge in [0.05, 0.1) is 27.1 Å². The average molecular weight is 403 g/mol. The molecule has 2 heterocycles. The van der Waals surface area contributed by atoms with E-state index in [1.165, 1.54) is 0 Å². The number of halogens is 2. The van der Waals surface area contributed by atoms with Crippen LogP contribution in [0.1, 0.15) is 36.5 Å². The van der Waals surface area contributed by atoms with Crippen LogP contribution in [-0.2, 0) is 11.3 Å². The van der Waals surface area contributed by atoms with Crippen molar-refractivity contribution in [3.63, 3.8) is 0 Å². The maximum absolute atomic E-state index is 12.2. The third-order valence-electron chi connectivity index (χ3n) is 3.87. The molecule has 0 saturated carbocycles. The van der Waals surface area contributed by atoms with Crippen molar-refractivity contribution in [2.45, 2.75) is 46.7 Å². The summed E-state index contributed by atoms with van der Waals surface area (Å²) >= 11 is 9.49. The summed E-state index contributed by atoms with van der Waals surface area (Å²) in [6.45, 7) is 9.00. The van der Waals surface area contributed by atoms with Gasteiger partial charge in [0.2, 0.25) is 5.91 Å². The zero-order valence-electron chi connectivity index (χ0n) is 13.7. The van der Waals surface area contributed by atoms with E-state index in [1.54, 1.807) is 10.9 Å². The molecule has 2 aromatic heterocycles. The third kappa shape index (κ3) is 3.95. The molecule has 8 heteroatoms. The van der Waals surface area contributed by atoms with E-state index in [4.69, 9.17) is 11.6 Å². The van der Waals surface area contributed by atoms with Crippen molar-refractivity contribution >= 4 is 33.4 Å².